The predicted octanol–water partition coefficient (Wildman–Crippen LogP) is 3.42. The monoisotopic (exact) mass is 382 g/mol. The van der Waals surface area contributed by atoms with Crippen LogP contribution >= 0.6 is 0 Å². The Morgan fingerprint density at radius 2 is 1.93 bits per heavy atom. The van der Waals surface area contributed by atoms with Gasteiger partial charge >= 0.3 is 0 Å². The molecule has 28 heavy (non-hydrogen) atoms. The van der Waals surface area contributed by atoms with E-state index in [-0.39, 0.29) is 30.1 Å². The van der Waals surface area contributed by atoms with Crippen molar-refractivity contribution in [3.8, 4) is 5.75 Å². The van der Waals surface area contributed by atoms with E-state index in [1.165, 1.54) is 12.1 Å². The van der Waals surface area contributed by atoms with Gasteiger partial charge in [-0.05, 0) is 60.9 Å². The zero-order valence-electron chi connectivity index (χ0n) is 15.9. The van der Waals surface area contributed by atoms with Gasteiger partial charge in [-0.25, -0.2) is 4.39 Å². The van der Waals surface area contributed by atoms with E-state index in [1.807, 2.05) is 9.80 Å². The molecule has 2 aliphatic rings. The van der Waals surface area contributed by atoms with Crippen molar-refractivity contribution < 1.29 is 18.7 Å². The highest BCUT2D eigenvalue weighted by Crippen LogP contribution is 2.33. The summed E-state index contributed by atoms with van der Waals surface area (Å²) in [5.74, 6) is 0.377. The van der Waals surface area contributed by atoms with Crippen molar-refractivity contribution in [3.63, 3.8) is 0 Å². The Labute approximate surface area is 163 Å². The summed E-state index contributed by atoms with van der Waals surface area (Å²) in [4.78, 5) is 29.2. The number of fused-ring (bicyclic) bond motifs is 1. The van der Waals surface area contributed by atoms with Gasteiger partial charge in [-0.15, -0.1) is 0 Å². The third kappa shape index (κ3) is 3.86. The number of amides is 1. The van der Waals surface area contributed by atoms with E-state index in [0.717, 1.165) is 24.1 Å². The number of benzene rings is 2. The summed E-state index contributed by atoms with van der Waals surface area (Å²) in [6.07, 6.45) is 2.37. The molecule has 0 radical (unpaired) electrons. The second-order valence-electron chi connectivity index (χ2n) is 7.35. The number of methoxy groups -OCH3 is 1. The lowest BCUT2D eigenvalue weighted by molar-refractivity contribution is -0.132. The Morgan fingerprint density at radius 1 is 1.18 bits per heavy atom. The summed E-state index contributed by atoms with van der Waals surface area (Å²) < 4.78 is 19.0. The van der Waals surface area contributed by atoms with Gasteiger partial charge in [-0.2, -0.15) is 0 Å². The molecule has 5 nitrogen and oxygen atoms in total. The SMILES string of the molecule is COc1ccc(C(=O)CN2CCC(=O)N(C3CC3)Cc3cc(F)ccc32)cc1. The Hall–Kier alpha value is -2.89. The van der Waals surface area contributed by atoms with E-state index in [9.17, 15) is 14.0 Å². The Bertz CT molecular complexity index is 893. The maximum Gasteiger partial charge on any atom is 0.224 e. The van der Waals surface area contributed by atoms with Crippen molar-refractivity contribution in [2.45, 2.75) is 31.8 Å². The van der Waals surface area contributed by atoms with Crippen LogP contribution in [-0.4, -0.2) is 42.8 Å². The van der Waals surface area contributed by atoms with Gasteiger partial charge in [0.15, 0.2) is 5.78 Å². The van der Waals surface area contributed by atoms with Crippen LogP contribution in [0.1, 0.15) is 35.2 Å². The lowest BCUT2D eigenvalue weighted by Crippen LogP contribution is -2.40. The number of carbonyl (C=O) groups excluding carboxylic acids is 2. The first-order chi connectivity index (χ1) is 13.5. The van der Waals surface area contributed by atoms with Gasteiger partial charge in [0, 0.05) is 36.8 Å². The van der Waals surface area contributed by atoms with Crippen molar-refractivity contribution in [1.82, 2.24) is 4.90 Å². The van der Waals surface area contributed by atoms with Gasteiger partial charge in [0.05, 0.1) is 13.7 Å². The van der Waals surface area contributed by atoms with Gasteiger partial charge < -0.3 is 14.5 Å². The minimum atomic E-state index is -0.330. The second-order valence-corrected chi connectivity index (χ2v) is 7.35. The maximum absolute atomic E-state index is 13.9. The number of halogens is 1. The molecule has 2 aromatic carbocycles. The molecule has 0 atom stereocenters. The molecule has 0 saturated heterocycles. The Morgan fingerprint density at radius 3 is 2.61 bits per heavy atom. The van der Waals surface area contributed by atoms with Crippen LogP contribution in [0.5, 0.6) is 5.75 Å². The standard InChI is InChI=1S/C22H23FN2O3/c1-28-19-7-2-15(3-8-19)21(26)14-24-11-10-22(27)25(18-5-6-18)13-16-12-17(23)4-9-20(16)24/h2-4,7-9,12,18H,5-6,10-11,13-14H2,1H3. The molecule has 1 amide bonds. The van der Waals surface area contributed by atoms with Crippen molar-refractivity contribution >= 4 is 17.4 Å². The molecule has 1 aliphatic heterocycles. The molecular weight excluding hydrogens is 359 g/mol. The molecule has 1 fully saturated rings. The molecule has 1 saturated carbocycles. The molecule has 0 aromatic heterocycles. The van der Waals surface area contributed by atoms with Crippen molar-refractivity contribution in [3.05, 3.63) is 59.4 Å². The first-order valence-corrected chi connectivity index (χ1v) is 9.55. The summed E-state index contributed by atoms with van der Waals surface area (Å²) in [5.41, 5.74) is 2.15. The highest BCUT2D eigenvalue weighted by molar-refractivity contribution is 5.99. The number of hydrogen-bond donors (Lipinski definition) is 0. The fourth-order valence-corrected chi connectivity index (χ4v) is 3.68. The predicted molar refractivity (Wildman–Crippen MR) is 104 cm³/mol. The van der Waals surface area contributed by atoms with E-state index in [0.29, 0.717) is 30.8 Å². The van der Waals surface area contributed by atoms with Gasteiger partial charge in [0.25, 0.3) is 0 Å². The van der Waals surface area contributed by atoms with Crippen LogP contribution in [0.25, 0.3) is 0 Å². The molecule has 0 unspecified atom stereocenters. The van der Waals surface area contributed by atoms with Crippen LogP contribution in [0.2, 0.25) is 0 Å². The van der Waals surface area contributed by atoms with Crippen molar-refractivity contribution in [2.24, 2.45) is 0 Å². The second kappa shape index (κ2) is 7.62. The smallest absolute Gasteiger partial charge is 0.224 e. The molecule has 6 heteroatoms. The van der Waals surface area contributed by atoms with E-state index in [2.05, 4.69) is 0 Å². The summed E-state index contributed by atoms with van der Waals surface area (Å²) >= 11 is 0. The number of ether oxygens (including phenoxy) is 1. The zero-order valence-corrected chi connectivity index (χ0v) is 15.9. The summed E-state index contributed by atoms with van der Waals surface area (Å²) in [7, 11) is 1.58. The molecular formula is C22H23FN2O3. The molecule has 0 N–H and O–H groups in total. The van der Waals surface area contributed by atoms with Crippen LogP contribution in [-0.2, 0) is 11.3 Å². The van der Waals surface area contributed by atoms with Crippen LogP contribution in [0.15, 0.2) is 42.5 Å². The van der Waals surface area contributed by atoms with Gasteiger partial charge in [-0.1, -0.05) is 0 Å². The average Bonchev–Trinajstić information content (AvgIpc) is 3.53. The zero-order chi connectivity index (χ0) is 19.7. The third-order valence-electron chi connectivity index (χ3n) is 5.37. The number of carbonyl (C=O) groups is 2. The molecule has 2 aromatic rings. The number of anilines is 1. The molecule has 4 rings (SSSR count). The summed E-state index contributed by atoms with van der Waals surface area (Å²) in [6, 6.07) is 11.8. The minimum Gasteiger partial charge on any atom is -0.497 e. The van der Waals surface area contributed by atoms with Gasteiger partial charge in [-0.3, -0.25) is 9.59 Å². The molecule has 1 aliphatic carbocycles. The number of Topliss-reactive ketones (excluding diaryl/α,β-unsaturated/α-hetero) is 1. The fraction of sp³-hybridized carbons (Fsp3) is 0.364. The first kappa shape index (κ1) is 18.5. The Balaban J connectivity index is 1.59. The minimum absolute atomic E-state index is 0.0509. The highest BCUT2D eigenvalue weighted by Gasteiger charge is 2.34. The van der Waals surface area contributed by atoms with E-state index >= 15 is 0 Å². The fourth-order valence-electron chi connectivity index (χ4n) is 3.68. The number of rotatable bonds is 5. The van der Waals surface area contributed by atoms with Gasteiger partial charge in [0.2, 0.25) is 5.91 Å². The largest absolute Gasteiger partial charge is 0.497 e. The average molecular weight is 382 g/mol. The first-order valence-electron chi connectivity index (χ1n) is 9.55. The summed E-state index contributed by atoms with van der Waals surface area (Å²) in [5, 5.41) is 0. The normalized spacial score (nSPS) is 17.0. The lowest BCUT2D eigenvalue weighted by Gasteiger charge is -2.33. The van der Waals surface area contributed by atoms with Crippen LogP contribution in [0, 0.1) is 5.82 Å². The van der Waals surface area contributed by atoms with Crippen molar-refractivity contribution in [2.75, 3.05) is 25.1 Å². The number of ketones is 1. The topological polar surface area (TPSA) is 49.9 Å². The quantitative estimate of drug-likeness (QED) is 0.744. The van der Waals surface area contributed by atoms with E-state index in [1.54, 1.807) is 37.4 Å². The number of nitrogens with zero attached hydrogens (tertiary/aromatic N) is 2. The van der Waals surface area contributed by atoms with E-state index < -0.39 is 0 Å². The van der Waals surface area contributed by atoms with Crippen LogP contribution in [0.4, 0.5) is 10.1 Å². The van der Waals surface area contributed by atoms with E-state index in [4.69, 9.17) is 4.74 Å². The Kier molecular flexibility index (Phi) is 5.03. The molecule has 0 spiro atoms. The number of hydrogen-bond acceptors (Lipinski definition) is 4. The maximum atomic E-state index is 13.9. The third-order valence-corrected chi connectivity index (χ3v) is 5.37. The van der Waals surface area contributed by atoms with Crippen molar-refractivity contribution in [1.29, 1.82) is 0 Å². The highest BCUT2D eigenvalue weighted by atomic mass is 19.1. The molecule has 0 bridgehead atoms. The summed E-state index contributed by atoms with van der Waals surface area (Å²) in [6.45, 7) is 0.966. The van der Waals surface area contributed by atoms with Crippen LogP contribution < -0.4 is 9.64 Å². The molecule has 146 valence electrons. The van der Waals surface area contributed by atoms with Gasteiger partial charge in [0.1, 0.15) is 11.6 Å². The lowest BCUT2D eigenvalue weighted by atomic mass is 10.1. The van der Waals surface area contributed by atoms with Crippen LogP contribution in [0.3, 0.4) is 0 Å². The molecule has 1 heterocycles.